The van der Waals surface area contributed by atoms with Crippen LogP contribution in [0.4, 0.5) is 0 Å². The summed E-state index contributed by atoms with van der Waals surface area (Å²) in [7, 11) is 0. The van der Waals surface area contributed by atoms with Crippen molar-refractivity contribution in [1.29, 1.82) is 0 Å². The number of hydrogen-bond donors (Lipinski definition) is 1. The fraction of sp³-hybridized carbons (Fsp3) is 0.667. The van der Waals surface area contributed by atoms with Gasteiger partial charge in [-0.15, -0.1) is 0 Å². The molecule has 1 N–H and O–H groups in total. The maximum atomic E-state index is 12.1. The Morgan fingerprint density at radius 1 is 1.30 bits per heavy atom. The van der Waals surface area contributed by atoms with E-state index in [9.17, 15) is 4.79 Å². The summed E-state index contributed by atoms with van der Waals surface area (Å²) >= 11 is 0. The lowest BCUT2D eigenvalue weighted by atomic mass is 9.81. The molecule has 1 aromatic rings. The lowest BCUT2D eigenvalue weighted by Crippen LogP contribution is -2.38. The van der Waals surface area contributed by atoms with Gasteiger partial charge < -0.3 is 10.1 Å². The van der Waals surface area contributed by atoms with Crippen molar-refractivity contribution in [3.05, 3.63) is 30.1 Å². The summed E-state index contributed by atoms with van der Waals surface area (Å²) in [5.41, 5.74) is 1.12. The van der Waals surface area contributed by atoms with Gasteiger partial charge >= 0.3 is 0 Å². The van der Waals surface area contributed by atoms with Crippen LogP contribution >= 0.6 is 0 Å². The Labute approximate surface area is 137 Å². The number of ether oxygens (including phenoxy) is 1. The second-order valence-corrected chi connectivity index (χ2v) is 7.28. The third-order valence-corrected chi connectivity index (χ3v) is 5.34. The molecule has 3 heterocycles. The van der Waals surface area contributed by atoms with Crippen LogP contribution in [0.2, 0.25) is 0 Å². The SMILES string of the molecule is O=C(C[C@@H]1COC[C@H]2CN(Cc3ccccn3)C[C@@H]12)NC1CC1. The minimum Gasteiger partial charge on any atom is -0.381 e. The van der Waals surface area contributed by atoms with Gasteiger partial charge in [-0.2, -0.15) is 0 Å². The Balaban J connectivity index is 1.35. The van der Waals surface area contributed by atoms with Crippen LogP contribution in [0.3, 0.4) is 0 Å². The van der Waals surface area contributed by atoms with Gasteiger partial charge in [-0.3, -0.25) is 14.7 Å². The van der Waals surface area contributed by atoms with Gasteiger partial charge in [0.25, 0.3) is 0 Å². The largest absolute Gasteiger partial charge is 0.381 e. The number of rotatable bonds is 5. The van der Waals surface area contributed by atoms with Crippen molar-refractivity contribution in [3.8, 4) is 0 Å². The van der Waals surface area contributed by atoms with Crippen molar-refractivity contribution >= 4 is 5.91 Å². The van der Waals surface area contributed by atoms with Gasteiger partial charge in [-0.25, -0.2) is 0 Å². The smallest absolute Gasteiger partial charge is 0.220 e. The Morgan fingerprint density at radius 2 is 2.22 bits per heavy atom. The molecule has 3 aliphatic rings. The molecule has 5 heteroatoms. The highest BCUT2D eigenvalue weighted by Crippen LogP contribution is 2.36. The standard InChI is InChI=1S/C18H25N3O2/c22-18(20-15-4-5-15)7-13-11-23-12-14-8-21(10-17(13)14)9-16-3-1-2-6-19-16/h1-3,6,13-15,17H,4-5,7-12H2,(H,20,22)/t13-,14-,17+/m1/s1. The highest BCUT2D eigenvalue weighted by atomic mass is 16.5. The third-order valence-electron chi connectivity index (χ3n) is 5.34. The zero-order valence-electron chi connectivity index (χ0n) is 13.5. The van der Waals surface area contributed by atoms with Crippen LogP contribution in [0.1, 0.15) is 25.0 Å². The first-order valence-electron chi connectivity index (χ1n) is 8.77. The molecule has 0 spiro atoms. The predicted molar refractivity (Wildman–Crippen MR) is 86.6 cm³/mol. The van der Waals surface area contributed by atoms with E-state index in [0.29, 0.717) is 30.2 Å². The quantitative estimate of drug-likeness (QED) is 0.893. The molecule has 3 atom stereocenters. The molecule has 1 saturated carbocycles. The molecule has 2 aliphatic heterocycles. The maximum absolute atomic E-state index is 12.1. The Morgan fingerprint density at radius 3 is 3.00 bits per heavy atom. The molecule has 1 aromatic heterocycles. The molecule has 1 amide bonds. The average Bonchev–Trinajstić information content (AvgIpc) is 3.25. The van der Waals surface area contributed by atoms with E-state index < -0.39 is 0 Å². The van der Waals surface area contributed by atoms with Crippen LogP contribution in [0.25, 0.3) is 0 Å². The molecule has 2 saturated heterocycles. The lowest BCUT2D eigenvalue weighted by Gasteiger charge is -2.32. The van der Waals surface area contributed by atoms with E-state index in [1.54, 1.807) is 0 Å². The first kappa shape index (κ1) is 15.1. The molecular formula is C18H25N3O2. The molecule has 124 valence electrons. The number of carbonyl (C=O) groups excluding carboxylic acids is 1. The minimum absolute atomic E-state index is 0.213. The number of aromatic nitrogens is 1. The summed E-state index contributed by atoms with van der Waals surface area (Å²) in [5, 5.41) is 3.11. The first-order valence-corrected chi connectivity index (χ1v) is 8.77. The number of nitrogens with zero attached hydrogens (tertiary/aromatic N) is 2. The number of nitrogens with one attached hydrogen (secondary N) is 1. The van der Waals surface area contributed by atoms with E-state index in [1.807, 2.05) is 18.3 Å². The van der Waals surface area contributed by atoms with Gasteiger partial charge in [-0.1, -0.05) is 6.07 Å². The molecule has 0 aromatic carbocycles. The summed E-state index contributed by atoms with van der Waals surface area (Å²) in [6.07, 6.45) is 4.77. The highest BCUT2D eigenvalue weighted by Gasteiger charge is 2.41. The van der Waals surface area contributed by atoms with Crippen LogP contribution in [-0.4, -0.2) is 48.1 Å². The van der Waals surface area contributed by atoms with Gasteiger partial charge in [0.2, 0.25) is 5.91 Å². The maximum Gasteiger partial charge on any atom is 0.220 e. The number of likely N-dealkylation sites (tertiary alicyclic amines) is 1. The van der Waals surface area contributed by atoms with E-state index in [0.717, 1.165) is 51.4 Å². The van der Waals surface area contributed by atoms with Crippen LogP contribution in [-0.2, 0) is 16.1 Å². The second-order valence-electron chi connectivity index (χ2n) is 7.28. The van der Waals surface area contributed by atoms with Crippen molar-refractivity contribution < 1.29 is 9.53 Å². The summed E-state index contributed by atoms with van der Waals surface area (Å²) < 4.78 is 5.79. The Hall–Kier alpha value is -1.46. The number of fused-ring (bicyclic) bond motifs is 1. The molecule has 4 rings (SSSR count). The minimum atomic E-state index is 0.213. The van der Waals surface area contributed by atoms with Crippen molar-refractivity contribution in [2.75, 3.05) is 26.3 Å². The monoisotopic (exact) mass is 315 g/mol. The number of amides is 1. The number of carbonyl (C=O) groups is 1. The molecule has 0 bridgehead atoms. The van der Waals surface area contributed by atoms with Crippen molar-refractivity contribution in [2.24, 2.45) is 17.8 Å². The summed E-state index contributed by atoms with van der Waals surface area (Å²) in [6, 6.07) is 6.53. The van der Waals surface area contributed by atoms with Gasteiger partial charge in [0, 0.05) is 38.3 Å². The normalized spacial score (nSPS) is 30.9. The fourth-order valence-corrected chi connectivity index (χ4v) is 4.01. The Bertz CT molecular complexity index is 546. The molecule has 3 fully saturated rings. The zero-order chi connectivity index (χ0) is 15.6. The average molecular weight is 315 g/mol. The van der Waals surface area contributed by atoms with Crippen LogP contribution in [0.15, 0.2) is 24.4 Å². The molecule has 0 unspecified atom stereocenters. The van der Waals surface area contributed by atoms with Crippen molar-refractivity contribution in [3.63, 3.8) is 0 Å². The molecule has 1 aliphatic carbocycles. The molecule has 0 radical (unpaired) electrons. The fourth-order valence-electron chi connectivity index (χ4n) is 4.01. The van der Waals surface area contributed by atoms with Crippen LogP contribution < -0.4 is 5.32 Å². The Kier molecular flexibility index (Phi) is 4.31. The van der Waals surface area contributed by atoms with E-state index in [4.69, 9.17) is 4.74 Å². The van der Waals surface area contributed by atoms with E-state index in [-0.39, 0.29) is 5.91 Å². The summed E-state index contributed by atoms with van der Waals surface area (Å²) in [5.74, 6) is 1.72. The predicted octanol–water partition coefficient (Wildman–Crippen LogP) is 1.44. The zero-order valence-corrected chi connectivity index (χ0v) is 13.5. The van der Waals surface area contributed by atoms with Gasteiger partial charge in [0.05, 0.1) is 18.9 Å². The molecule has 23 heavy (non-hydrogen) atoms. The van der Waals surface area contributed by atoms with Crippen LogP contribution in [0, 0.1) is 17.8 Å². The second kappa shape index (κ2) is 6.57. The summed E-state index contributed by atoms with van der Waals surface area (Å²) in [6.45, 7) is 4.59. The van der Waals surface area contributed by atoms with E-state index >= 15 is 0 Å². The van der Waals surface area contributed by atoms with Crippen molar-refractivity contribution in [2.45, 2.75) is 31.8 Å². The first-order chi connectivity index (χ1) is 11.3. The van der Waals surface area contributed by atoms with Gasteiger partial charge in [0.1, 0.15) is 0 Å². The number of hydrogen-bond acceptors (Lipinski definition) is 4. The summed E-state index contributed by atoms with van der Waals surface area (Å²) in [4.78, 5) is 19.0. The molecular weight excluding hydrogens is 290 g/mol. The van der Waals surface area contributed by atoms with Gasteiger partial charge in [-0.05, 0) is 42.7 Å². The topological polar surface area (TPSA) is 54.5 Å². The lowest BCUT2D eigenvalue weighted by molar-refractivity contribution is -0.124. The van der Waals surface area contributed by atoms with Crippen LogP contribution in [0.5, 0.6) is 0 Å². The molecule has 5 nitrogen and oxygen atoms in total. The van der Waals surface area contributed by atoms with Gasteiger partial charge in [0.15, 0.2) is 0 Å². The third kappa shape index (κ3) is 3.72. The van der Waals surface area contributed by atoms with E-state index in [1.165, 1.54) is 0 Å². The van der Waals surface area contributed by atoms with Crippen molar-refractivity contribution in [1.82, 2.24) is 15.2 Å². The number of pyridine rings is 1. The van der Waals surface area contributed by atoms with E-state index in [2.05, 4.69) is 21.3 Å². The highest BCUT2D eigenvalue weighted by molar-refractivity contribution is 5.76.